The first-order chi connectivity index (χ1) is 12.3. The molecule has 0 unspecified atom stereocenters. The number of hydrogen-bond donors (Lipinski definition) is 0. The summed E-state index contributed by atoms with van der Waals surface area (Å²) >= 11 is 0. The van der Waals surface area contributed by atoms with Gasteiger partial charge in [-0.2, -0.15) is 0 Å². The number of hydrogen-bond acceptors (Lipinski definition) is 2. The highest BCUT2D eigenvalue weighted by Gasteiger charge is 2.08. The Bertz CT molecular complexity index is 604. The molecule has 1 aromatic carbocycles. The Morgan fingerprint density at radius 3 is 2.04 bits per heavy atom. The van der Waals surface area contributed by atoms with Crippen molar-refractivity contribution in [3.8, 4) is 0 Å². The summed E-state index contributed by atoms with van der Waals surface area (Å²) in [7, 11) is 0. The van der Waals surface area contributed by atoms with E-state index >= 15 is 0 Å². The third kappa shape index (κ3) is 7.21. The van der Waals surface area contributed by atoms with Gasteiger partial charge in [-0.25, -0.2) is 0 Å². The molecule has 0 radical (unpaired) electrons. The van der Waals surface area contributed by atoms with Crippen LogP contribution in [0.4, 0.5) is 0 Å². The van der Waals surface area contributed by atoms with Crippen molar-refractivity contribution in [2.75, 3.05) is 0 Å². The number of rotatable bonds is 12. The van der Waals surface area contributed by atoms with E-state index in [-0.39, 0.29) is 5.78 Å². The summed E-state index contributed by atoms with van der Waals surface area (Å²) in [5.74, 6) is 0.0442. The van der Waals surface area contributed by atoms with Crippen molar-refractivity contribution in [3.05, 3.63) is 65.5 Å². The Hall–Kier alpha value is -1.96. The molecule has 0 saturated carbocycles. The second kappa shape index (κ2) is 11.6. The van der Waals surface area contributed by atoms with Crippen molar-refractivity contribution >= 4 is 5.78 Å². The van der Waals surface area contributed by atoms with Crippen molar-refractivity contribution in [1.82, 2.24) is 4.98 Å². The summed E-state index contributed by atoms with van der Waals surface area (Å²) in [6.45, 7) is 2.27. The van der Waals surface area contributed by atoms with Crippen LogP contribution in [-0.2, 0) is 6.42 Å². The number of unbranched alkanes of at least 4 members (excludes halogenated alkanes) is 8. The van der Waals surface area contributed by atoms with Crippen molar-refractivity contribution in [3.63, 3.8) is 0 Å². The molecule has 0 bridgehead atoms. The highest BCUT2D eigenvalue weighted by Crippen LogP contribution is 2.14. The zero-order chi connectivity index (χ0) is 17.7. The second-order valence-corrected chi connectivity index (χ2v) is 6.85. The molecule has 0 atom stereocenters. The number of benzene rings is 1. The van der Waals surface area contributed by atoms with E-state index in [9.17, 15) is 4.79 Å². The smallest absolute Gasteiger partial charge is 0.194 e. The molecule has 0 fully saturated rings. The lowest BCUT2D eigenvalue weighted by atomic mass is 10.0. The Labute approximate surface area is 152 Å². The maximum absolute atomic E-state index is 12.3. The van der Waals surface area contributed by atoms with Gasteiger partial charge in [-0.05, 0) is 30.5 Å². The van der Waals surface area contributed by atoms with Crippen LogP contribution in [0.1, 0.15) is 86.2 Å². The van der Waals surface area contributed by atoms with Crippen LogP contribution in [0.3, 0.4) is 0 Å². The molecule has 0 amide bonds. The monoisotopic (exact) mass is 337 g/mol. The summed E-state index contributed by atoms with van der Waals surface area (Å²) in [4.78, 5) is 16.4. The van der Waals surface area contributed by atoms with Gasteiger partial charge < -0.3 is 0 Å². The fourth-order valence-electron chi connectivity index (χ4n) is 3.13. The average molecular weight is 338 g/mol. The third-order valence-corrected chi connectivity index (χ3v) is 4.71. The largest absolute Gasteiger partial charge is 0.289 e. The summed E-state index contributed by atoms with van der Waals surface area (Å²) < 4.78 is 0. The minimum Gasteiger partial charge on any atom is -0.289 e. The molecule has 1 heterocycles. The molecule has 2 aromatic rings. The van der Waals surface area contributed by atoms with Gasteiger partial charge in [0.25, 0.3) is 0 Å². The lowest BCUT2D eigenvalue weighted by Crippen LogP contribution is -2.01. The van der Waals surface area contributed by atoms with Gasteiger partial charge in [-0.15, -0.1) is 0 Å². The number of carbonyl (C=O) groups is 1. The van der Waals surface area contributed by atoms with Gasteiger partial charge >= 0.3 is 0 Å². The maximum atomic E-state index is 12.3. The Morgan fingerprint density at radius 2 is 1.44 bits per heavy atom. The number of pyridine rings is 1. The molecular formula is C23H31NO. The van der Waals surface area contributed by atoms with Gasteiger partial charge in [0.05, 0.1) is 0 Å². The molecule has 0 spiro atoms. The van der Waals surface area contributed by atoms with Crippen LogP contribution in [0.15, 0.2) is 48.8 Å². The fourth-order valence-corrected chi connectivity index (χ4v) is 3.13. The van der Waals surface area contributed by atoms with E-state index in [2.05, 4.69) is 24.0 Å². The zero-order valence-corrected chi connectivity index (χ0v) is 15.5. The van der Waals surface area contributed by atoms with Crippen LogP contribution in [-0.4, -0.2) is 10.8 Å². The van der Waals surface area contributed by atoms with E-state index in [0.29, 0.717) is 5.56 Å². The molecule has 25 heavy (non-hydrogen) atoms. The quantitative estimate of drug-likeness (QED) is 0.332. The molecule has 2 rings (SSSR count). The lowest BCUT2D eigenvalue weighted by molar-refractivity contribution is 0.103. The Balaban J connectivity index is 1.65. The number of ketones is 1. The van der Waals surface area contributed by atoms with Crippen molar-refractivity contribution in [1.29, 1.82) is 0 Å². The SMILES string of the molecule is CCCCCCCCCCCc1ccc(C(=O)c2cccnc2)cc1. The molecule has 2 heteroatoms. The van der Waals surface area contributed by atoms with Gasteiger partial charge in [0, 0.05) is 23.5 Å². The van der Waals surface area contributed by atoms with Crippen LogP contribution >= 0.6 is 0 Å². The topological polar surface area (TPSA) is 30.0 Å². The minimum atomic E-state index is 0.0442. The molecule has 2 nitrogen and oxygen atoms in total. The van der Waals surface area contributed by atoms with Gasteiger partial charge in [-0.3, -0.25) is 9.78 Å². The summed E-state index contributed by atoms with van der Waals surface area (Å²) in [6.07, 6.45) is 16.6. The maximum Gasteiger partial charge on any atom is 0.194 e. The molecule has 0 aliphatic rings. The molecule has 0 aliphatic heterocycles. The van der Waals surface area contributed by atoms with Crippen LogP contribution in [0.25, 0.3) is 0 Å². The van der Waals surface area contributed by atoms with Crippen LogP contribution in [0, 0.1) is 0 Å². The molecular weight excluding hydrogens is 306 g/mol. The highest BCUT2D eigenvalue weighted by atomic mass is 16.1. The summed E-state index contributed by atoms with van der Waals surface area (Å²) in [5, 5.41) is 0. The van der Waals surface area contributed by atoms with Crippen LogP contribution in [0.5, 0.6) is 0 Å². The number of aromatic nitrogens is 1. The average Bonchev–Trinajstić information content (AvgIpc) is 2.67. The van der Waals surface area contributed by atoms with Crippen molar-refractivity contribution in [2.45, 2.75) is 71.1 Å². The van der Waals surface area contributed by atoms with Gasteiger partial charge in [0.15, 0.2) is 5.78 Å². The first-order valence-electron chi connectivity index (χ1n) is 9.85. The predicted octanol–water partition coefficient (Wildman–Crippen LogP) is 6.39. The van der Waals surface area contributed by atoms with E-state index in [1.807, 2.05) is 18.2 Å². The normalized spacial score (nSPS) is 10.8. The van der Waals surface area contributed by atoms with E-state index in [1.54, 1.807) is 18.5 Å². The Morgan fingerprint density at radius 1 is 0.800 bits per heavy atom. The molecule has 0 N–H and O–H groups in total. The summed E-state index contributed by atoms with van der Waals surface area (Å²) in [6, 6.07) is 11.7. The molecule has 0 aliphatic carbocycles. The molecule has 134 valence electrons. The highest BCUT2D eigenvalue weighted by molar-refractivity contribution is 6.08. The van der Waals surface area contributed by atoms with E-state index in [4.69, 9.17) is 0 Å². The number of nitrogens with zero attached hydrogens (tertiary/aromatic N) is 1. The first-order valence-corrected chi connectivity index (χ1v) is 9.85. The Kier molecular flexibility index (Phi) is 8.96. The van der Waals surface area contributed by atoms with E-state index in [1.165, 1.54) is 63.4 Å². The first kappa shape index (κ1) is 19.4. The minimum absolute atomic E-state index is 0.0442. The van der Waals surface area contributed by atoms with Crippen molar-refractivity contribution in [2.24, 2.45) is 0 Å². The lowest BCUT2D eigenvalue weighted by Gasteiger charge is -2.05. The van der Waals surface area contributed by atoms with Gasteiger partial charge in [-0.1, -0.05) is 82.6 Å². The fraction of sp³-hybridized carbons (Fsp3) is 0.478. The predicted molar refractivity (Wildman–Crippen MR) is 105 cm³/mol. The van der Waals surface area contributed by atoms with Crippen molar-refractivity contribution < 1.29 is 4.79 Å². The molecule has 1 aromatic heterocycles. The van der Waals surface area contributed by atoms with Gasteiger partial charge in [0.2, 0.25) is 0 Å². The third-order valence-electron chi connectivity index (χ3n) is 4.71. The van der Waals surface area contributed by atoms with E-state index < -0.39 is 0 Å². The van der Waals surface area contributed by atoms with Crippen LogP contribution < -0.4 is 0 Å². The number of aryl methyl sites for hydroxylation is 1. The van der Waals surface area contributed by atoms with E-state index in [0.717, 1.165) is 12.0 Å². The summed E-state index contributed by atoms with van der Waals surface area (Å²) in [5.41, 5.74) is 2.71. The van der Waals surface area contributed by atoms with Crippen LogP contribution in [0.2, 0.25) is 0 Å². The zero-order valence-electron chi connectivity index (χ0n) is 15.5. The molecule has 0 saturated heterocycles. The van der Waals surface area contributed by atoms with Gasteiger partial charge in [0.1, 0.15) is 0 Å². The standard InChI is InChI=1S/C23H31NO/c1-2-3-4-5-6-7-8-9-10-12-20-14-16-21(17-15-20)23(25)22-13-11-18-24-19-22/h11,13-19H,2-10,12H2,1H3. The number of carbonyl (C=O) groups excluding carboxylic acids is 1. The second-order valence-electron chi connectivity index (χ2n) is 6.85.